The quantitative estimate of drug-likeness (QED) is 0.935. The standard InChI is InChI=1S/C13H13ClN4O/c1-18(2)10-5-3-4-9(6-10)13(19)17-12-8-15-11(14)7-16-12/h3-8H,1-2H3,(H,16,17,19). The zero-order chi connectivity index (χ0) is 13.8. The van der Waals surface area contributed by atoms with Crippen molar-refractivity contribution in [1.29, 1.82) is 0 Å². The van der Waals surface area contributed by atoms with Gasteiger partial charge >= 0.3 is 0 Å². The molecule has 5 nitrogen and oxygen atoms in total. The summed E-state index contributed by atoms with van der Waals surface area (Å²) in [4.78, 5) is 21.8. The molecule has 2 rings (SSSR count). The monoisotopic (exact) mass is 276 g/mol. The molecule has 1 amide bonds. The molecule has 0 spiro atoms. The molecule has 0 atom stereocenters. The van der Waals surface area contributed by atoms with Crippen LogP contribution >= 0.6 is 11.6 Å². The fourth-order valence-electron chi connectivity index (χ4n) is 1.49. The van der Waals surface area contributed by atoms with E-state index in [9.17, 15) is 4.79 Å². The van der Waals surface area contributed by atoms with E-state index in [1.165, 1.54) is 12.4 Å². The summed E-state index contributed by atoms with van der Waals surface area (Å²) in [6.45, 7) is 0. The summed E-state index contributed by atoms with van der Waals surface area (Å²) in [6.07, 6.45) is 2.80. The van der Waals surface area contributed by atoms with Crippen molar-refractivity contribution in [2.75, 3.05) is 24.3 Å². The van der Waals surface area contributed by atoms with Gasteiger partial charge in [0.05, 0.1) is 12.4 Å². The van der Waals surface area contributed by atoms with E-state index >= 15 is 0 Å². The molecule has 1 aromatic heterocycles. The third kappa shape index (κ3) is 3.42. The SMILES string of the molecule is CN(C)c1cccc(C(=O)Nc2cnc(Cl)cn2)c1. The summed E-state index contributed by atoms with van der Waals surface area (Å²) in [7, 11) is 3.84. The highest BCUT2D eigenvalue weighted by Crippen LogP contribution is 2.14. The smallest absolute Gasteiger partial charge is 0.256 e. The topological polar surface area (TPSA) is 58.1 Å². The lowest BCUT2D eigenvalue weighted by atomic mass is 10.2. The van der Waals surface area contributed by atoms with E-state index in [0.717, 1.165) is 5.69 Å². The second-order valence-corrected chi connectivity index (χ2v) is 4.51. The van der Waals surface area contributed by atoms with Crippen LogP contribution in [-0.4, -0.2) is 30.0 Å². The van der Waals surface area contributed by atoms with Crippen LogP contribution in [0.25, 0.3) is 0 Å². The first-order valence-electron chi connectivity index (χ1n) is 5.62. The molecule has 0 aliphatic rings. The Balaban J connectivity index is 2.15. The van der Waals surface area contributed by atoms with Crippen molar-refractivity contribution in [1.82, 2.24) is 9.97 Å². The molecule has 6 heteroatoms. The molecule has 0 aliphatic heterocycles. The Bertz CT molecular complexity index is 583. The van der Waals surface area contributed by atoms with Gasteiger partial charge in [-0.1, -0.05) is 17.7 Å². The molecule has 1 N–H and O–H groups in total. The summed E-state index contributed by atoms with van der Waals surface area (Å²) in [5, 5.41) is 2.95. The van der Waals surface area contributed by atoms with Gasteiger partial charge in [0, 0.05) is 25.3 Å². The van der Waals surface area contributed by atoms with Crippen LogP contribution in [0.4, 0.5) is 11.5 Å². The van der Waals surface area contributed by atoms with Crippen molar-refractivity contribution in [2.45, 2.75) is 0 Å². The largest absolute Gasteiger partial charge is 0.378 e. The molecule has 0 radical (unpaired) electrons. The molecule has 0 saturated carbocycles. The minimum absolute atomic E-state index is 0.236. The van der Waals surface area contributed by atoms with Crippen molar-refractivity contribution >= 4 is 29.0 Å². The van der Waals surface area contributed by atoms with E-state index < -0.39 is 0 Å². The second kappa shape index (κ2) is 5.67. The number of hydrogen-bond donors (Lipinski definition) is 1. The zero-order valence-electron chi connectivity index (χ0n) is 10.6. The number of halogens is 1. The number of benzene rings is 1. The summed E-state index contributed by atoms with van der Waals surface area (Å²) in [5.74, 6) is 0.130. The van der Waals surface area contributed by atoms with E-state index in [1.807, 2.05) is 31.1 Å². The molecule has 2 aromatic rings. The fraction of sp³-hybridized carbons (Fsp3) is 0.154. The van der Waals surface area contributed by atoms with Gasteiger partial charge in [-0.05, 0) is 18.2 Å². The Morgan fingerprint density at radius 2 is 2.05 bits per heavy atom. The highest BCUT2D eigenvalue weighted by molar-refractivity contribution is 6.29. The van der Waals surface area contributed by atoms with Crippen LogP contribution in [0.15, 0.2) is 36.7 Å². The van der Waals surface area contributed by atoms with Gasteiger partial charge in [0.1, 0.15) is 5.15 Å². The third-order valence-corrected chi connectivity index (χ3v) is 2.68. The van der Waals surface area contributed by atoms with Gasteiger partial charge < -0.3 is 10.2 Å². The van der Waals surface area contributed by atoms with Crippen LogP contribution in [0, 0.1) is 0 Å². The van der Waals surface area contributed by atoms with Gasteiger partial charge in [0.2, 0.25) is 0 Å². The molecule has 0 saturated heterocycles. The highest BCUT2D eigenvalue weighted by atomic mass is 35.5. The predicted molar refractivity (Wildman–Crippen MR) is 75.8 cm³/mol. The van der Waals surface area contributed by atoms with E-state index in [4.69, 9.17) is 11.6 Å². The molecule has 1 aromatic carbocycles. The number of anilines is 2. The van der Waals surface area contributed by atoms with Crippen molar-refractivity contribution in [3.63, 3.8) is 0 Å². The Hall–Kier alpha value is -2.14. The summed E-state index contributed by atoms with van der Waals surface area (Å²) in [6, 6.07) is 7.31. The molecule has 0 bridgehead atoms. The predicted octanol–water partition coefficient (Wildman–Crippen LogP) is 2.45. The second-order valence-electron chi connectivity index (χ2n) is 4.12. The average Bonchev–Trinajstić information content (AvgIpc) is 2.41. The molecular weight excluding hydrogens is 264 g/mol. The van der Waals surface area contributed by atoms with Crippen LogP contribution in [0.2, 0.25) is 5.15 Å². The molecule has 19 heavy (non-hydrogen) atoms. The lowest BCUT2D eigenvalue weighted by molar-refractivity contribution is 0.102. The van der Waals surface area contributed by atoms with Gasteiger partial charge in [0.25, 0.3) is 5.91 Å². The normalized spacial score (nSPS) is 10.1. The van der Waals surface area contributed by atoms with Crippen LogP contribution < -0.4 is 10.2 Å². The first-order chi connectivity index (χ1) is 9.06. The van der Waals surface area contributed by atoms with Gasteiger partial charge in [-0.3, -0.25) is 4.79 Å². The van der Waals surface area contributed by atoms with Crippen molar-refractivity contribution in [3.05, 3.63) is 47.4 Å². The number of amides is 1. The summed E-state index contributed by atoms with van der Waals surface area (Å²) < 4.78 is 0. The van der Waals surface area contributed by atoms with Crippen LogP contribution in [0.5, 0.6) is 0 Å². The number of carbonyl (C=O) groups excluding carboxylic acids is 1. The number of hydrogen-bond acceptors (Lipinski definition) is 4. The van der Waals surface area contributed by atoms with E-state index in [-0.39, 0.29) is 11.1 Å². The van der Waals surface area contributed by atoms with Crippen molar-refractivity contribution in [2.24, 2.45) is 0 Å². The number of nitrogens with zero attached hydrogens (tertiary/aromatic N) is 3. The molecule has 0 unspecified atom stereocenters. The first-order valence-corrected chi connectivity index (χ1v) is 6.00. The Labute approximate surface area is 116 Å². The molecule has 1 heterocycles. The van der Waals surface area contributed by atoms with E-state index in [0.29, 0.717) is 11.4 Å². The van der Waals surface area contributed by atoms with Crippen molar-refractivity contribution in [3.8, 4) is 0 Å². The minimum atomic E-state index is -0.236. The van der Waals surface area contributed by atoms with E-state index in [2.05, 4.69) is 15.3 Å². The van der Waals surface area contributed by atoms with Crippen LogP contribution in [0.1, 0.15) is 10.4 Å². The maximum absolute atomic E-state index is 12.0. The molecule has 98 valence electrons. The number of aromatic nitrogens is 2. The first kappa shape index (κ1) is 13.3. The fourth-order valence-corrected chi connectivity index (χ4v) is 1.59. The molecule has 0 fully saturated rings. The number of carbonyl (C=O) groups is 1. The van der Waals surface area contributed by atoms with Gasteiger partial charge in [-0.25, -0.2) is 9.97 Å². The zero-order valence-corrected chi connectivity index (χ0v) is 11.3. The van der Waals surface area contributed by atoms with Crippen LogP contribution in [0.3, 0.4) is 0 Å². The number of rotatable bonds is 3. The van der Waals surface area contributed by atoms with Gasteiger partial charge in [-0.2, -0.15) is 0 Å². The lowest BCUT2D eigenvalue weighted by Gasteiger charge is -2.13. The molecular formula is C13H13ClN4O. The lowest BCUT2D eigenvalue weighted by Crippen LogP contribution is -2.15. The third-order valence-electron chi connectivity index (χ3n) is 2.49. The Morgan fingerprint density at radius 3 is 2.68 bits per heavy atom. The average molecular weight is 277 g/mol. The maximum atomic E-state index is 12.0. The van der Waals surface area contributed by atoms with Gasteiger partial charge in [0.15, 0.2) is 5.82 Å². The van der Waals surface area contributed by atoms with Crippen molar-refractivity contribution < 1.29 is 4.79 Å². The summed E-state index contributed by atoms with van der Waals surface area (Å²) in [5.41, 5.74) is 1.51. The Kier molecular flexibility index (Phi) is 3.97. The Morgan fingerprint density at radius 1 is 1.26 bits per heavy atom. The minimum Gasteiger partial charge on any atom is -0.378 e. The molecule has 0 aliphatic carbocycles. The highest BCUT2D eigenvalue weighted by Gasteiger charge is 2.08. The van der Waals surface area contributed by atoms with E-state index in [1.54, 1.807) is 12.1 Å². The van der Waals surface area contributed by atoms with Gasteiger partial charge in [-0.15, -0.1) is 0 Å². The number of nitrogens with one attached hydrogen (secondary N) is 1. The van der Waals surface area contributed by atoms with Crippen LogP contribution in [-0.2, 0) is 0 Å². The summed E-state index contributed by atoms with van der Waals surface area (Å²) >= 11 is 5.63. The maximum Gasteiger partial charge on any atom is 0.256 e.